The molecule has 0 aromatic heterocycles. The van der Waals surface area contributed by atoms with Crippen molar-refractivity contribution < 1.29 is 14.7 Å². The predicted octanol–water partition coefficient (Wildman–Crippen LogP) is 1.76. The van der Waals surface area contributed by atoms with Crippen molar-refractivity contribution in [2.45, 2.75) is 6.35 Å². The van der Waals surface area contributed by atoms with Gasteiger partial charge in [-0.3, -0.25) is 9.59 Å². The monoisotopic (exact) mass is 415 g/mol. The number of piperazine rings is 1. The van der Waals surface area contributed by atoms with Crippen LogP contribution in [0.4, 0.5) is 22.7 Å². The Morgan fingerprint density at radius 2 is 1.79 bits per heavy atom. The number of amides is 2. The molecule has 4 rings (SSSR count). The zero-order valence-electron chi connectivity index (χ0n) is 15.9. The van der Waals surface area contributed by atoms with Gasteiger partial charge in [-0.25, -0.2) is 0 Å². The molecule has 8 nitrogen and oxygen atoms in total. The lowest BCUT2D eigenvalue weighted by Crippen LogP contribution is -2.51. The van der Waals surface area contributed by atoms with E-state index in [9.17, 15) is 14.7 Å². The second-order valence-electron chi connectivity index (χ2n) is 7.07. The zero-order valence-corrected chi connectivity index (χ0v) is 16.7. The van der Waals surface area contributed by atoms with E-state index in [0.717, 1.165) is 17.1 Å². The molecule has 2 aromatic rings. The molecule has 9 heteroatoms. The molecule has 29 heavy (non-hydrogen) atoms. The predicted molar refractivity (Wildman–Crippen MR) is 113 cm³/mol. The van der Waals surface area contributed by atoms with E-state index in [1.165, 1.54) is 0 Å². The average molecular weight is 416 g/mol. The number of hydrogen-bond acceptors (Lipinski definition) is 6. The number of aliphatic hydroxyl groups is 1. The fraction of sp³-hybridized carbons (Fsp3) is 0.300. The van der Waals surface area contributed by atoms with E-state index in [1.54, 1.807) is 35.0 Å². The van der Waals surface area contributed by atoms with Crippen LogP contribution in [0.3, 0.4) is 0 Å². The lowest BCUT2D eigenvalue weighted by molar-refractivity contribution is -0.143. The largest absolute Gasteiger partial charge is 0.368 e. The topological polar surface area (TPSA) is 88.2 Å². The molecule has 0 aliphatic carbocycles. The van der Waals surface area contributed by atoms with Gasteiger partial charge in [0.25, 0.3) is 0 Å². The second-order valence-corrected chi connectivity index (χ2v) is 7.51. The van der Waals surface area contributed by atoms with Crippen molar-refractivity contribution in [3.05, 3.63) is 47.5 Å². The molecule has 1 atom stereocenters. The fourth-order valence-corrected chi connectivity index (χ4v) is 3.66. The van der Waals surface area contributed by atoms with Crippen LogP contribution < -0.4 is 20.4 Å². The molecular formula is C20H22ClN5O3. The number of carbonyl (C=O) groups is 2. The Morgan fingerprint density at radius 1 is 1.10 bits per heavy atom. The van der Waals surface area contributed by atoms with E-state index >= 15 is 0 Å². The summed E-state index contributed by atoms with van der Waals surface area (Å²) in [5.41, 5.74) is 3.07. The minimum Gasteiger partial charge on any atom is -0.368 e. The summed E-state index contributed by atoms with van der Waals surface area (Å²) in [5.74, 6) is -1.22. The van der Waals surface area contributed by atoms with Gasteiger partial charge in [0.05, 0.1) is 11.4 Å². The summed E-state index contributed by atoms with van der Waals surface area (Å²) in [6.45, 7) is 2.23. The van der Waals surface area contributed by atoms with Crippen molar-refractivity contribution in [2.75, 3.05) is 53.7 Å². The molecule has 1 fully saturated rings. The number of benzene rings is 2. The van der Waals surface area contributed by atoms with Crippen LogP contribution in [0, 0.1) is 0 Å². The fourth-order valence-electron chi connectivity index (χ4n) is 3.54. The number of carbonyl (C=O) groups excluding carboxylic acids is 2. The van der Waals surface area contributed by atoms with Crippen LogP contribution in [0.5, 0.6) is 0 Å². The number of rotatable bonds is 2. The number of halogens is 1. The van der Waals surface area contributed by atoms with Gasteiger partial charge in [-0.05, 0) is 42.5 Å². The first kappa shape index (κ1) is 19.4. The van der Waals surface area contributed by atoms with Crippen molar-refractivity contribution in [3.8, 4) is 0 Å². The van der Waals surface area contributed by atoms with Gasteiger partial charge in [0.1, 0.15) is 0 Å². The molecule has 2 aromatic carbocycles. The standard InChI is InChI=1S/C20H22ClN5O3/c1-24-17-12-14(4-7-16(17)23-20(24)29)22-18(27)19(28)26-10-8-25(9-11-26)15-5-2-13(21)3-6-15/h2-7,12,20,23,29H,8-11H2,1H3,(H,22,27). The summed E-state index contributed by atoms with van der Waals surface area (Å²) >= 11 is 5.93. The first-order chi connectivity index (χ1) is 13.9. The van der Waals surface area contributed by atoms with Gasteiger partial charge >= 0.3 is 11.8 Å². The smallest absolute Gasteiger partial charge is 0.313 e. The van der Waals surface area contributed by atoms with Crippen LogP contribution in [-0.2, 0) is 9.59 Å². The van der Waals surface area contributed by atoms with E-state index in [4.69, 9.17) is 11.6 Å². The van der Waals surface area contributed by atoms with E-state index in [0.29, 0.717) is 36.9 Å². The Bertz CT molecular complexity index is 928. The molecule has 2 heterocycles. The molecule has 152 valence electrons. The van der Waals surface area contributed by atoms with Gasteiger partial charge in [0.15, 0.2) is 0 Å². The maximum absolute atomic E-state index is 12.6. The maximum Gasteiger partial charge on any atom is 0.313 e. The van der Waals surface area contributed by atoms with Crippen molar-refractivity contribution >= 4 is 46.2 Å². The molecule has 2 aliphatic heterocycles. The van der Waals surface area contributed by atoms with E-state index in [2.05, 4.69) is 15.5 Å². The van der Waals surface area contributed by atoms with Crippen LogP contribution in [0.2, 0.25) is 5.02 Å². The highest BCUT2D eigenvalue weighted by Crippen LogP contribution is 2.34. The molecule has 1 saturated heterocycles. The Labute approximate surface area is 173 Å². The van der Waals surface area contributed by atoms with E-state index in [1.807, 2.05) is 24.3 Å². The third-order valence-corrected chi connectivity index (χ3v) is 5.49. The lowest BCUT2D eigenvalue weighted by Gasteiger charge is -2.35. The maximum atomic E-state index is 12.6. The summed E-state index contributed by atoms with van der Waals surface area (Å²) in [6, 6.07) is 12.7. The van der Waals surface area contributed by atoms with Crippen LogP contribution in [0.25, 0.3) is 0 Å². The van der Waals surface area contributed by atoms with Crippen LogP contribution in [-0.4, -0.2) is 61.4 Å². The third kappa shape index (κ3) is 3.94. The second kappa shape index (κ2) is 7.81. The van der Waals surface area contributed by atoms with Crippen molar-refractivity contribution in [2.24, 2.45) is 0 Å². The molecule has 3 N–H and O–H groups in total. The van der Waals surface area contributed by atoms with Gasteiger partial charge in [-0.1, -0.05) is 11.6 Å². The summed E-state index contributed by atoms with van der Waals surface area (Å²) in [7, 11) is 1.74. The van der Waals surface area contributed by atoms with Crippen molar-refractivity contribution in [3.63, 3.8) is 0 Å². The minimum absolute atomic E-state index is 0.470. The molecule has 0 bridgehead atoms. The molecule has 1 unspecified atom stereocenters. The molecular weight excluding hydrogens is 394 g/mol. The number of nitrogens with one attached hydrogen (secondary N) is 2. The van der Waals surface area contributed by atoms with Crippen LogP contribution in [0.1, 0.15) is 0 Å². The summed E-state index contributed by atoms with van der Waals surface area (Å²) < 4.78 is 0. The van der Waals surface area contributed by atoms with Gasteiger partial charge in [0.2, 0.25) is 6.35 Å². The first-order valence-corrected chi connectivity index (χ1v) is 9.72. The lowest BCUT2D eigenvalue weighted by atomic mass is 10.2. The van der Waals surface area contributed by atoms with Crippen LogP contribution >= 0.6 is 11.6 Å². The summed E-state index contributed by atoms with van der Waals surface area (Å²) in [4.78, 5) is 30.4. The number of aliphatic hydroxyl groups excluding tert-OH is 1. The molecule has 0 spiro atoms. The number of nitrogens with zero attached hydrogens (tertiary/aromatic N) is 3. The Hall–Kier alpha value is -2.97. The summed E-state index contributed by atoms with van der Waals surface area (Å²) in [5, 5.41) is 16.1. The van der Waals surface area contributed by atoms with Crippen LogP contribution in [0.15, 0.2) is 42.5 Å². The molecule has 2 aliphatic rings. The zero-order chi connectivity index (χ0) is 20.5. The van der Waals surface area contributed by atoms with Gasteiger partial charge in [-0.2, -0.15) is 0 Å². The summed E-state index contributed by atoms with van der Waals surface area (Å²) in [6.07, 6.45) is -0.811. The quantitative estimate of drug-likeness (QED) is 0.648. The molecule has 2 amide bonds. The number of fused-ring (bicyclic) bond motifs is 1. The molecule has 0 radical (unpaired) electrons. The van der Waals surface area contributed by atoms with Gasteiger partial charge in [0, 0.05) is 49.6 Å². The normalized spacial score (nSPS) is 18.3. The number of anilines is 4. The average Bonchev–Trinajstić information content (AvgIpc) is 3.02. The van der Waals surface area contributed by atoms with Gasteiger partial charge < -0.3 is 30.4 Å². The number of hydrogen-bond donors (Lipinski definition) is 3. The Morgan fingerprint density at radius 3 is 2.48 bits per heavy atom. The minimum atomic E-state index is -0.811. The van der Waals surface area contributed by atoms with Crippen molar-refractivity contribution in [1.82, 2.24) is 4.90 Å². The van der Waals surface area contributed by atoms with E-state index < -0.39 is 18.2 Å². The highest BCUT2D eigenvalue weighted by Gasteiger charge is 2.27. The highest BCUT2D eigenvalue weighted by atomic mass is 35.5. The first-order valence-electron chi connectivity index (χ1n) is 9.34. The van der Waals surface area contributed by atoms with E-state index in [-0.39, 0.29) is 0 Å². The highest BCUT2D eigenvalue weighted by molar-refractivity contribution is 6.39. The molecule has 0 saturated carbocycles. The Kier molecular flexibility index (Phi) is 5.21. The SMILES string of the molecule is CN1c2cc(NC(=O)C(=O)N3CCN(c4ccc(Cl)cc4)CC3)ccc2NC1O. The van der Waals surface area contributed by atoms with Crippen molar-refractivity contribution in [1.29, 1.82) is 0 Å². The Balaban J connectivity index is 1.35. The van der Waals surface area contributed by atoms with Gasteiger partial charge in [-0.15, -0.1) is 0 Å². The third-order valence-electron chi connectivity index (χ3n) is 5.24.